The molecule has 13 heavy (non-hydrogen) atoms. The van der Waals surface area contributed by atoms with Crippen LogP contribution in [-0.4, -0.2) is 11.7 Å². The number of nitrogens with zero attached hydrogens (tertiary/aromatic N) is 1. The van der Waals surface area contributed by atoms with Gasteiger partial charge in [-0.25, -0.2) is 4.79 Å². The smallest absolute Gasteiger partial charge is 0.318 e. The van der Waals surface area contributed by atoms with Gasteiger partial charge in [0.2, 0.25) is 0 Å². The predicted octanol–water partition coefficient (Wildman–Crippen LogP) is 2.12. The average molecular weight is 181 g/mol. The van der Waals surface area contributed by atoms with Gasteiger partial charge < -0.3 is 4.84 Å². The van der Waals surface area contributed by atoms with Gasteiger partial charge in [0.15, 0.2) is 0 Å². The Hall–Kier alpha value is -0.860. The molecule has 0 unspecified atom stereocenters. The van der Waals surface area contributed by atoms with E-state index in [9.17, 15) is 4.79 Å². The summed E-state index contributed by atoms with van der Waals surface area (Å²) in [5, 5.41) is 3.99. The molecule has 2 aliphatic rings. The van der Waals surface area contributed by atoms with Gasteiger partial charge in [0.25, 0.3) is 0 Å². The molecule has 0 saturated heterocycles. The van der Waals surface area contributed by atoms with Gasteiger partial charge in [0, 0.05) is 18.3 Å². The normalized spacial score (nSPS) is 21.0. The van der Waals surface area contributed by atoms with Crippen molar-refractivity contribution >= 4 is 11.7 Å². The Morgan fingerprint density at radius 3 is 2.23 bits per heavy atom. The van der Waals surface area contributed by atoms with Crippen LogP contribution in [0.1, 0.15) is 39.0 Å². The zero-order valence-corrected chi connectivity index (χ0v) is 7.95. The van der Waals surface area contributed by atoms with Crippen molar-refractivity contribution in [1.29, 1.82) is 0 Å². The number of rotatable bonds is 4. The van der Waals surface area contributed by atoms with Gasteiger partial charge in [0.05, 0.1) is 5.71 Å². The molecule has 2 aliphatic carbocycles. The summed E-state index contributed by atoms with van der Waals surface area (Å²) in [6.07, 6.45) is 5.35. The van der Waals surface area contributed by atoms with Crippen LogP contribution in [0.15, 0.2) is 5.16 Å². The summed E-state index contributed by atoms with van der Waals surface area (Å²) in [5.41, 5.74) is 1.15. The lowest BCUT2D eigenvalue weighted by atomic mass is 10.2. The monoisotopic (exact) mass is 181 g/mol. The van der Waals surface area contributed by atoms with Crippen molar-refractivity contribution in [3.8, 4) is 0 Å². The molecule has 0 spiro atoms. The van der Waals surface area contributed by atoms with Gasteiger partial charge in [-0.1, -0.05) is 12.1 Å². The van der Waals surface area contributed by atoms with Gasteiger partial charge in [-0.3, -0.25) is 0 Å². The second kappa shape index (κ2) is 3.48. The van der Waals surface area contributed by atoms with Gasteiger partial charge >= 0.3 is 5.97 Å². The lowest BCUT2D eigenvalue weighted by molar-refractivity contribution is -0.143. The summed E-state index contributed by atoms with van der Waals surface area (Å²) in [4.78, 5) is 15.7. The average Bonchev–Trinajstić information content (AvgIpc) is 2.98. The van der Waals surface area contributed by atoms with Gasteiger partial charge in [-0.05, 0) is 25.7 Å². The van der Waals surface area contributed by atoms with Gasteiger partial charge in [0.1, 0.15) is 0 Å². The number of hydrogen-bond acceptors (Lipinski definition) is 3. The molecule has 3 nitrogen and oxygen atoms in total. The van der Waals surface area contributed by atoms with E-state index >= 15 is 0 Å². The van der Waals surface area contributed by atoms with E-state index in [-0.39, 0.29) is 5.97 Å². The Kier molecular flexibility index (Phi) is 2.34. The molecular formula is C10H15NO2. The summed E-state index contributed by atoms with van der Waals surface area (Å²) in [6.45, 7) is 1.78. The van der Waals surface area contributed by atoms with E-state index in [0.717, 1.165) is 5.71 Å². The molecule has 0 aromatic heterocycles. The van der Waals surface area contributed by atoms with Crippen LogP contribution in [0.25, 0.3) is 0 Å². The number of oxime groups is 1. The highest BCUT2D eigenvalue weighted by atomic mass is 16.7. The molecule has 0 N–H and O–H groups in total. The Morgan fingerprint density at radius 1 is 1.31 bits per heavy atom. The summed E-state index contributed by atoms with van der Waals surface area (Å²) < 4.78 is 0. The molecule has 2 rings (SSSR count). The largest absolute Gasteiger partial charge is 0.334 e. The molecule has 0 aromatic rings. The van der Waals surface area contributed by atoms with Crippen molar-refractivity contribution in [3.63, 3.8) is 0 Å². The van der Waals surface area contributed by atoms with Crippen molar-refractivity contribution in [3.05, 3.63) is 0 Å². The van der Waals surface area contributed by atoms with E-state index in [4.69, 9.17) is 4.84 Å². The molecule has 0 heterocycles. The van der Waals surface area contributed by atoms with Crippen LogP contribution in [0.2, 0.25) is 0 Å². The SMILES string of the molecule is CCC(=O)ON=C(C1CC1)C1CC1. The molecule has 3 heteroatoms. The highest BCUT2D eigenvalue weighted by molar-refractivity contribution is 5.92. The minimum atomic E-state index is -0.223. The molecule has 0 radical (unpaired) electrons. The first kappa shape index (κ1) is 8.73. The molecule has 0 aromatic carbocycles. The van der Waals surface area contributed by atoms with Crippen LogP contribution in [-0.2, 0) is 9.63 Å². The van der Waals surface area contributed by atoms with E-state index in [0.29, 0.717) is 18.3 Å². The highest BCUT2D eigenvalue weighted by Gasteiger charge is 2.38. The van der Waals surface area contributed by atoms with Gasteiger partial charge in [-0.2, -0.15) is 0 Å². The summed E-state index contributed by atoms with van der Waals surface area (Å²) in [7, 11) is 0. The minimum absolute atomic E-state index is 0.223. The van der Waals surface area contributed by atoms with E-state index < -0.39 is 0 Å². The fourth-order valence-electron chi connectivity index (χ4n) is 1.41. The number of hydrogen-bond donors (Lipinski definition) is 0. The van der Waals surface area contributed by atoms with Crippen molar-refractivity contribution in [2.45, 2.75) is 39.0 Å². The summed E-state index contributed by atoms with van der Waals surface area (Å²) in [6, 6.07) is 0. The maximum absolute atomic E-state index is 10.9. The molecule has 0 aliphatic heterocycles. The van der Waals surface area contributed by atoms with Crippen LogP contribution in [0.4, 0.5) is 0 Å². The zero-order valence-electron chi connectivity index (χ0n) is 7.95. The third kappa shape index (κ3) is 2.29. The van der Waals surface area contributed by atoms with Crippen molar-refractivity contribution in [2.75, 3.05) is 0 Å². The summed E-state index contributed by atoms with van der Waals surface area (Å²) in [5.74, 6) is 1.05. The Balaban J connectivity index is 1.89. The van der Waals surface area contributed by atoms with Crippen LogP contribution in [0, 0.1) is 11.8 Å². The fourth-order valence-corrected chi connectivity index (χ4v) is 1.41. The summed E-state index contributed by atoms with van der Waals surface area (Å²) >= 11 is 0. The molecule has 0 bridgehead atoms. The van der Waals surface area contributed by atoms with Crippen molar-refractivity contribution in [2.24, 2.45) is 17.0 Å². The maximum Gasteiger partial charge on any atom is 0.334 e. The van der Waals surface area contributed by atoms with E-state index in [2.05, 4.69) is 5.16 Å². The van der Waals surface area contributed by atoms with Gasteiger partial charge in [-0.15, -0.1) is 0 Å². The molecule has 72 valence electrons. The Morgan fingerprint density at radius 2 is 1.85 bits per heavy atom. The standard InChI is InChI=1S/C10H15NO2/c1-2-9(12)13-11-10(7-3-4-7)8-5-6-8/h7-8H,2-6H2,1H3. The van der Waals surface area contributed by atoms with Crippen molar-refractivity contribution < 1.29 is 9.63 Å². The van der Waals surface area contributed by atoms with Crippen LogP contribution < -0.4 is 0 Å². The predicted molar refractivity (Wildman–Crippen MR) is 49.3 cm³/mol. The first-order chi connectivity index (χ1) is 6.31. The van der Waals surface area contributed by atoms with Crippen molar-refractivity contribution in [1.82, 2.24) is 0 Å². The lowest BCUT2D eigenvalue weighted by Crippen LogP contribution is -2.07. The van der Waals surface area contributed by atoms with Crippen LogP contribution >= 0.6 is 0 Å². The topological polar surface area (TPSA) is 38.7 Å². The number of carbonyl (C=O) groups excluding carboxylic acids is 1. The quantitative estimate of drug-likeness (QED) is 0.378. The van der Waals surface area contributed by atoms with E-state index in [1.807, 2.05) is 0 Å². The lowest BCUT2D eigenvalue weighted by Gasteiger charge is -2.00. The van der Waals surface area contributed by atoms with E-state index in [1.54, 1.807) is 6.92 Å². The molecule has 0 atom stereocenters. The second-order valence-electron chi connectivity index (χ2n) is 3.88. The Bertz CT molecular complexity index is 225. The minimum Gasteiger partial charge on any atom is -0.318 e. The highest BCUT2D eigenvalue weighted by Crippen LogP contribution is 2.42. The zero-order chi connectivity index (χ0) is 9.26. The third-order valence-electron chi connectivity index (χ3n) is 2.53. The van der Waals surface area contributed by atoms with E-state index in [1.165, 1.54) is 25.7 Å². The molecule has 2 fully saturated rings. The fraction of sp³-hybridized carbons (Fsp3) is 0.800. The number of carbonyl (C=O) groups is 1. The Labute approximate surface area is 78.1 Å². The third-order valence-corrected chi connectivity index (χ3v) is 2.53. The van der Waals surface area contributed by atoms with Crippen LogP contribution in [0.5, 0.6) is 0 Å². The second-order valence-corrected chi connectivity index (χ2v) is 3.88. The first-order valence-electron chi connectivity index (χ1n) is 5.09. The molecule has 0 amide bonds. The van der Waals surface area contributed by atoms with Crippen LogP contribution in [0.3, 0.4) is 0 Å². The molecular weight excluding hydrogens is 166 g/mol. The first-order valence-corrected chi connectivity index (χ1v) is 5.09. The maximum atomic E-state index is 10.9. The molecule has 2 saturated carbocycles.